The Hall–Kier alpha value is -2.38. The van der Waals surface area contributed by atoms with Crippen molar-refractivity contribution in [3.05, 3.63) is 69.3 Å². The molecule has 1 aliphatic rings. The first kappa shape index (κ1) is 17.1. The van der Waals surface area contributed by atoms with Gasteiger partial charge in [0.05, 0.1) is 11.1 Å². The van der Waals surface area contributed by atoms with Gasteiger partial charge in [-0.1, -0.05) is 17.7 Å². The minimum Gasteiger partial charge on any atom is -0.482 e. The van der Waals surface area contributed by atoms with E-state index in [0.29, 0.717) is 12.3 Å². The van der Waals surface area contributed by atoms with Gasteiger partial charge in [-0.3, -0.25) is 4.79 Å². The van der Waals surface area contributed by atoms with Crippen LogP contribution in [-0.2, 0) is 6.61 Å². The molecular formula is C18H14ClFN2O3S. The van der Waals surface area contributed by atoms with Gasteiger partial charge in [-0.05, 0) is 36.1 Å². The van der Waals surface area contributed by atoms with Crippen molar-refractivity contribution in [2.75, 3.05) is 6.54 Å². The molecule has 1 aliphatic heterocycles. The van der Waals surface area contributed by atoms with Crippen LogP contribution in [0.2, 0.25) is 5.02 Å². The third-order valence-corrected chi connectivity index (χ3v) is 5.44. The van der Waals surface area contributed by atoms with E-state index in [1.54, 1.807) is 16.2 Å². The molecule has 2 aromatic heterocycles. The average Bonchev–Trinajstić information content (AvgIpc) is 3.25. The van der Waals surface area contributed by atoms with Crippen molar-refractivity contribution in [1.82, 2.24) is 9.88 Å². The maximum absolute atomic E-state index is 13.0. The fraction of sp³-hybridized carbons (Fsp3) is 0.222. The largest absolute Gasteiger partial charge is 0.482 e. The smallest absolute Gasteiger partial charge is 0.276 e. The minimum atomic E-state index is -0.443. The zero-order chi connectivity index (χ0) is 18.1. The van der Waals surface area contributed by atoms with E-state index in [2.05, 4.69) is 4.98 Å². The second kappa shape index (κ2) is 7.09. The molecule has 8 heteroatoms. The first-order valence-electron chi connectivity index (χ1n) is 7.98. The summed E-state index contributed by atoms with van der Waals surface area (Å²) in [6.07, 6.45) is 2.28. The average molecular weight is 393 g/mol. The van der Waals surface area contributed by atoms with E-state index in [4.69, 9.17) is 20.8 Å². The van der Waals surface area contributed by atoms with Crippen molar-refractivity contribution < 1.29 is 18.3 Å². The number of carbonyl (C=O) groups excluding carboxylic acids is 1. The standard InChI is InChI=1S/C18H14ClFN2O3S/c19-12-8-11(20)3-4-15(12)24-10-17-21-13(9-25-17)18(23)22-6-5-14(22)16-2-1-7-26-16/h1-4,7-9,14H,5-6,10H2. The second-order valence-electron chi connectivity index (χ2n) is 5.81. The number of thiophene rings is 1. The summed E-state index contributed by atoms with van der Waals surface area (Å²) in [6, 6.07) is 7.96. The van der Waals surface area contributed by atoms with Gasteiger partial charge in [0.25, 0.3) is 5.91 Å². The lowest BCUT2D eigenvalue weighted by Crippen LogP contribution is -2.44. The van der Waals surface area contributed by atoms with Crippen LogP contribution in [0.5, 0.6) is 5.75 Å². The lowest BCUT2D eigenvalue weighted by molar-refractivity contribution is 0.0461. The third kappa shape index (κ3) is 3.32. The van der Waals surface area contributed by atoms with Crippen LogP contribution >= 0.6 is 22.9 Å². The van der Waals surface area contributed by atoms with E-state index in [0.717, 1.165) is 12.5 Å². The molecule has 26 heavy (non-hydrogen) atoms. The number of halogens is 2. The van der Waals surface area contributed by atoms with Gasteiger partial charge < -0.3 is 14.1 Å². The fourth-order valence-electron chi connectivity index (χ4n) is 2.76. The summed E-state index contributed by atoms with van der Waals surface area (Å²) in [4.78, 5) is 19.8. The Morgan fingerprint density at radius 1 is 1.46 bits per heavy atom. The molecule has 0 saturated carbocycles. The minimum absolute atomic E-state index is 0.00696. The lowest BCUT2D eigenvalue weighted by Gasteiger charge is -2.39. The van der Waals surface area contributed by atoms with Crippen molar-refractivity contribution >= 4 is 28.8 Å². The zero-order valence-electron chi connectivity index (χ0n) is 13.5. The molecule has 0 bridgehead atoms. The SMILES string of the molecule is O=C(c1coc(COc2ccc(F)cc2Cl)n1)N1CCC1c1cccs1. The van der Waals surface area contributed by atoms with E-state index >= 15 is 0 Å². The van der Waals surface area contributed by atoms with E-state index < -0.39 is 5.82 Å². The highest BCUT2D eigenvalue weighted by Gasteiger charge is 2.35. The van der Waals surface area contributed by atoms with Gasteiger partial charge in [-0.2, -0.15) is 0 Å². The Balaban J connectivity index is 1.40. The third-order valence-electron chi connectivity index (χ3n) is 4.17. The molecule has 0 N–H and O–H groups in total. The molecular weight excluding hydrogens is 379 g/mol. The Labute approximate surface area is 158 Å². The highest BCUT2D eigenvalue weighted by molar-refractivity contribution is 7.10. The van der Waals surface area contributed by atoms with Crippen LogP contribution in [0.3, 0.4) is 0 Å². The van der Waals surface area contributed by atoms with Crippen molar-refractivity contribution in [1.29, 1.82) is 0 Å². The maximum Gasteiger partial charge on any atom is 0.276 e. The topological polar surface area (TPSA) is 55.6 Å². The Morgan fingerprint density at radius 3 is 3.04 bits per heavy atom. The number of nitrogens with zero attached hydrogens (tertiary/aromatic N) is 2. The molecule has 0 spiro atoms. The first-order chi connectivity index (χ1) is 12.6. The number of carbonyl (C=O) groups is 1. The highest BCUT2D eigenvalue weighted by atomic mass is 35.5. The van der Waals surface area contributed by atoms with Crippen molar-refractivity contribution in [3.8, 4) is 5.75 Å². The van der Waals surface area contributed by atoms with E-state index in [9.17, 15) is 9.18 Å². The normalized spacial score (nSPS) is 16.4. The summed E-state index contributed by atoms with van der Waals surface area (Å²) in [5.41, 5.74) is 0.245. The second-order valence-corrected chi connectivity index (χ2v) is 7.19. The van der Waals surface area contributed by atoms with E-state index in [-0.39, 0.29) is 35.2 Å². The van der Waals surface area contributed by atoms with Crippen LogP contribution < -0.4 is 4.74 Å². The number of hydrogen-bond donors (Lipinski definition) is 0. The molecule has 134 valence electrons. The van der Waals surface area contributed by atoms with E-state index in [1.165, 1.54) is 23.3 Å². The molecule has 1 atom stereocenters. The van der Waals surface area contributed by atoms with Crippen LogP contribution in [-0.4, -0.2) is 22.3 Å². The van der Waals surface area contributed by atoms with Gasteiger partial charge in [0, 0.05) is 11.4 Å². The van der Waals surface area contributed by atoms with Crippen molar-refractivity contribution in [2.45, 2.75) is 19.1 Å². The van der Waals surface area contributed by atoms with Crippen molar-refractivity contribution in [2.24, 2.45) is 0 Å². The van der Waals surface area contributed by atoms with Crippen LogP contribution in [0.1, 0.15) is 33.7 Å². The maximum atomic E-state index is 13.0. The molecule has 1 amide bonds. The molecule has 1 saturated heterocycles. The van der Waals surface area contributed by atoms with Gasteiger partial charge in [0.2, 0.25) is 5.89 Å². The van der Waals surface area contributed by atoms with Gasteiger partial charge in [0.1, 0.15) is 17.8 Å². The molecule has 0 aliphatic carbocycles. The summed E-state index contributed by atoms with van der Waals surface area (Å²) in [5.74, 6) is -0.0350. The van der Waals surface area contributed by atoms with Crippen LogP contribution in [0.25, 0.3) is 0 Å². The number of hydrogen-bond acceptors (Lipinski definition) is 5. The van der Waals surface area contributed by atoms with Crippen LogP contribution in [0.15, 0.2) is 46.4 Å². The fourth-order valence-corrected chi connectivity index (χ4v) is 3.86. The predicted molar refractivity (Wildman–Crippen MR) is 95.0 cm³/mol. The zero-order valence-corrected chi connectivity index (χ0v) is 15.1. The molecule has 3 aromatic rings. The highest BCUT2D eigenvalue weighted by Crippen LogP contribution is 2.36. The summed E-state index contributed by atoms with van der Waals surface area (Å²) >= 11 is 7.55. The number of amides is 1. The van der Waals surface area contributed by atoms with Gasteiger partial charge in [-0.25, -0.2) is 9.37 Å². The molecule has 1 unspecified atom stereocenters. The Morgan fingerprint density at radius 2 is 2.35 bits per heavy atom. The van der Waals surface area contributed by atoms with Crippen molar-refractivity contribution in [3.63, 3.8) is 0 Å². The first-order valence-corrected chi connectivity index (χ1v) is 9.24. The quantitative estimate of drug-likeness (QED) is 0.631. The number of ether oxygens (including phenoxy) is 1. The summed E-state index contributed by atoms with van der Waals surface area (Å²) in [7, 11) is 0. The summed E-state index contributed by atoms with van der Waals surface area (Å²) in [6.45, 7) is 0.693. The molecule has 1 fully saturated rings. The summed E-state index contributed by atoms with van der Waals surface area (Å²) < 4.78 is 23.8. The number of likely N-dealkylation sites (tertiary alicyclic amines) is 1. The number of aromatic nitrogens is 1. The number of rotatable bonds is 5. The van der Waals surface area contributed by atoms with Crippen LogP contribution in [0.4, 0.5) is 4.39 Å². The number of oxazole rings is 1. The molecule has 5 nitrogen and oxygen atoms in total. The number of benzene rings is 1. The van der Waals surface area contributed by atoms with Gasteiger partial charge >= 0.3 is 0 Å². The molecule has 4 rings (SSSR count). The van der Waals surface area contributed by atoms with Gasteiger partial charge in [-0.15, -0.1) is 11.3 Å². The molecule has 0 radical (unpaired) electrons. The predicted octanol–water partition coefficient (Wildman–Crippen LogP) is 4.69. The van der Waals surface area contributed by atoms with E-state index in [1.807, 2.05) is 17.5 Å². The van der Waals surface area contributed by atoms with Crippen LogP contribution in [0, 0.1) is 5.82 Å². The molecule has 1 aromatic carbocycles. The Bertz CT molecular complexity index is 928. The Kier molecular flexibility index (Phi) is 4.65. The summed E-state index contributed by atoms with van der Waals surface area (Å²) in [5, 5.41) is 2.16. The monoisotopic (exact) mass is 392 g/mol. The van der Waals surface area contributed by atoms with Gasteiger partial charge in [0.15, 0.2) is 12.3 Å². The molecule has 3 heterocycles. The lowest BCUT2D eigenvalue weighted by atomic mass is 10.0.